The van der Waals surface area contributed by atoms with Gasteiger partial charge in [-0.2, -0.15) is 5.10 Å². The molecule has 2 rings (SSSR count). The standard InChI is InChI=1S/C15H17N3OS/c1-3-19-14-9-8-11-6-4-5-7-12(11)13(14)10-17-18-15(16)20-2/h4-10H,3H2,1-2H3,(H2,16,18)/b17-10-. The third-order valence-electron chi connectivity index (χ3n) is 2.78. The molecule has 20 heavy (non-hydrogen) atoms. The van der Waals surface area contributed by atoms with Crippen LogP contribution >= 0.6 is 11.8 Å². The maximum atomic E-state index is 5.65. The van der Waals surface area contributed by atoms with Gasteiger partial charge >= 0.3 is 0 Å². The Balaban J connectivity index is 2.49. The lowest BCUT2D eigenvalue weighted by molar-refractivity contribution is 0.340. The molecule has 0 bridgehead atoms. The number of rotatable bonds is 4. The normalized spacial score (nSPS) is 12.2. The number of hydrogen-bond donors (Lipinski definition) is 1. The van der Waals surface area contributed by atoms with Crippen LogP contribution in [0.25, 0.3) is 10.8 Å². The van der Waals surface area contributed by atoms with Gasteiger partial charge in [-0.3, -0.25) is 0 Å². The molecule has 0 unspecified atom stereocenters. The molecule has 104 valence electrons. The summed E-state index contributed by atoms with van der Waals surface area (Å²) >= 11 is 1.36. The van der Waals surface area contributed by atoms with Gasteiger partial charge in [0.2, 0.25) is 0 Å². The molecule has 0 aliphatic heterocycles. The van der Waals surface area contributed by atoms with Crippen molar-refractivity contribution < 1.29 is 4.74 Å². The fourth-order valence-electron chi connectivity index (χ4n) is 1.87. The molecule has 0 saturated carbocycles. The molecule has 4 nitrogen and oxygen atoms in total. The van der Waals surface area contributed by atoms with E-state index in [0.717, 1.165) is 22.1 Å². The Morgan fingerprint density at radius 1 is 1.30 bits per heavy atom. The van der Waals surface area contributed by atoms with Crippen LogP contribution in [0.5, 0.6) is 5.75 Å². The number of ether oxygens (including phenoxy) is 1. The first kappa shape index (κ1) is 14.4. The first-order valence-electron chi connectivity index (χ1n) is 6.31. The van der Waals surface area contributed by atoms with E-state index in [0.29, 0.717) is 11.8 Å². The molecule has 2 N–H and O–H groups in total. The fourth-order valence-corrected chi connectivity index (χ4v) is 2.00. The highest BCUT2D eigenvalue weighted by Crippen LogP contribution is 2.26. The number of amidine groups is 1. The molecule has 2 aromatic carbocycles. The van der Waals surface area contributed by atoms with E-state index in [1.165, 1.54) is 11.8 Å². The van der Waals surface area contributed by atoms with E-state index < -0.39 is 0 Å². The highest BCUT2D eigenvalue weighted by molar-refractivity contribution is 8.13. The highest BCUT2D eigenvalue weighted by atomic mass is 32.2. The van der Waals surface area contributed by atoms with Crippen LogP contribution in [0.3, 0.4) is 0 Å². The van der Waals surface area contributed by atoms with Gasteiger partial charge in [0.15, 0.2) is 5.17 Å². The van der Waals surface area contributed by atoms with Crippen LogP contribution in [-0.2, 0) is 0 Å². The van der Waals surface area contributed by atoms with Crippen LogP contribution in [0, 0.1) is 0 Å². The molecule has 0 amide bonds. The highest BCUT2D eigenvalue weighted by Gasteiger charge is 2.06. The van der Waals surface area contributed by atoms with E-state index in [-0.39, 0.29) is 0 Å². The van der Waals surface area contributed by atoms with Crippen molar-refractivity contribution in [2.45, 2.75) is 6.92 Å². The van der Waals surface area contributed by atoms with E-state index >= 15 is 0 Å². The van der Waals surface area contributed by atoms with Crippen molar-refractivity contribution in [3.05, 3.63) is 42.0 Å². The number of nitrogens with two attached hydrogens (primary N) is 1. The van der Waals surface area contributed by atoms with E-state index in [2.05, 4.69) is 16.3 Å². The fraction of sp³-hybridized carbons (Fsp3) is 0.200. The van der Waals surface area contributed by atoms with Gasteiger partial charge < -0.3 is 10.5 Å². The summed E-state index contributed by atoms with van der Waals surface area (Å²) in [6.45, 7) is 2.56. The number of thioether (sulfide) groups is 1. The quantitative estimate of drug-likeness (QED) is 0.533. The van der Waals surface area contributed by atoms with Crippen LogP contribution < -0.4 is 10.5 Å². The second kappa shape index (κ2) is 6.96. The van der Waals surface area contributed by atoms with Crippen LogP contribution in [0.15, 0.2) is 46.6 Å². The number of fused-ring (bicyclic) bond motifs is 1. The minimum absolute atomic E-state index is 0.430. The van der Waals surface area contributed by atoms with Crippen LogP contribution in [-0.4, -0.2) is 24.2 Å². The molecular weight excluding hydrogens is 270 g/mol. The Hall–Kier alpha value is -2.01. The van der Waals surface area contributed by atoms with Gasteiger partial charge in [-0.25, -0.2) is 0 Å². The van der Waals surface area contributed by atoms with Crippen LogP contribution in [0.1, 0.15) is 12.5 Å². The third-order valence-corrected chi connectivity index (χ3v) is 3.28. The first-order chi connectivity index (χ1) is 9.76. The average Bonchev–Trinajstić information content (AvgIpc) is 2.49. The lowest BCUT2D eigenvalue weighted by Gasteiger charge is -2.09. The van der Waals surface area contributed by atoms with Gasteiger partial charge in [0.05, 0.1) is 12.8 Å². The number of benzene rings is 2. The van der Waals surface area contributed by atoms with E-state index in [1.54, 1.807) is 6.21 Å². The van der Waals surface area contributed by atoms with Crippen LogP contribution in [0.4, 0.5) is 0 Å². The summed E-state index contributed by atoms with van der Waals surface area (Å²) in [5.74, 6) is 0.799. The maximum Gasteiger partial charge on any atom is 0.180 e. The zero-order chi connectivity index (χ0) is 14.4. The maximum absolute atomic E-state index is 5.65. The predicted molar refractivity (Wildman–Crippen MR) is 87.8 cm³/mol. The molecular formula is C15H17N3OS. The lowest BCUT2D eigenvalue weighted by Crippen LogP contribution is -2.04. The van der Waals surface area contributed by atoms with Crippen molar-refractivity contribution in [3.63, 3.8) is 0 Å². The minimum atomic E-state index is 0.430. The molecule has 0 saturated heterocycles. The van der Waals surface area contributed by atoms with Gasteiger partial charge in [0.25, 0.3) is 0 Å². The van der Waals surface area contributed by atoms with Gasteiger partial charge in [0.1, 0.15) is 5.75 Å². The second-order valence-corrected chi connectivity index (χ2v) is 4.84. The zero-order valence-electron chi connectivity index (χ0n) is 11.5. The first-order valence-corrected chi connectivity index (χ1v) is 7.53. The largest absolute Gasteiger partial charge is 0.493 e. The summed E-state index contributed by atoms with van der Waals surface area (Å²) in [6.07, 6.45) is 3.55. The molecule has 0 aliphatic rings. The van der Waals surface area contributed by atoms with Crippen molar-refractivity contribution in [1.82, 2.24) is 0 Å². The monoisotopic (exact) mass is 287 g/mol. The van der Waals surface area contributed by atoms with E-state index in [1.807, 2.05) is 43.5 Å². The summed E-state index contributed by atoms with van der Waals surface area (Å²) in [5, 5.41) is 10.6. The van der Waals surface area contributed by atoms with Gasteiger partial charge in [-0.1, -0.05) is 42.1 Å². The van der Waals surface area contributed by atoms with Crippen molar-refractivity contribution in [2.75, 3.05) is 12.9 Å². The minimum Gasteiger partial charge on any atom is -0.493 e. The second-order valence-electron chi connectivity index (χ2n) is 4.02. The van der Waals surface area contributed by atoms with Crippen molar-refractivity contribution in [1.29, 1.82) is 0 Å². The van der Waals surface area contributed by atoms with Crippen molar-refractivity contribution >= 4 is 33.9 Å². The summed E-state index contributed by atoms with van der Waals surface area (Å²) in [6, 6.07) is 12.1. The summed E-state index contributed by atoms with van der Waals surface area (Å²) in [4.78, 5) is 0. The molecule has 0 aliphatic carbocycles. The third kappa shape index (κ3) is 3.30. The average molecular weight is 287 g/mol. The zero-order valence-corrected chi connectivity index (χ0v) is 12.4. The Bertz CT molecular complexity index is 653. The molecule has 0 aromatic heterocycles. The van der Waals surface area contributed by atoms with Gasteiger partial charge in [-0.15, -0.1) is 5.10 Å². The Kier molecular flexibility index (Phi) is 5.01. The van der Waals surface area contributed by atoms with Crippen molar-refractivity contribution in [3.8, 4) is 5.75 Å². The molecule has 5 heteroatoms. The molecule has 0 spiro atoms. The summed E-state index contributed by atoms with van der Waals surface area (Å²) in [5.41, 5.74) is 6.53. The number of nitrogens with zero attached hydrogens (tertiary/aromatic N) is 2. The Morgan fingerprint density at radius 3 is 2.85 bits per heavy atom. The van der Waals surface area contributed by atoms with Crippen molar-refractivity contribution in [2.24, 2.45) is 15.9 Å². The smallest absolute Gasteiger partial charge is 0.180 e. The molecule has 0 fully saturated rings. The van der Waals surface area contributed by atoms with Gasteiger partial charge in [0, 0.05) is 5.56 Å². The van der Waals surface area contributed by atoms with Gasteiger partial charge in [-0.05, 0) is 30.0 Å². The van der Waals surface area contributed by atoms with Crippen LogP contribution in [0.2, 0.25) is 0 Å². The molecule has 0 atom stereocenters. The Labute approximate surface area is 122 Å². The molecule has 2 aromatic rings. The van der Waals surface area contributed by atoms with E-state index in [9.17, 15) is 0 Å². The molecule has 0 radical (unpaired) electrons. The Morgan fingerprint density at radius 2 is 2.10 bits per heavy atom. The molecule has 0 heterocycles. The van der Waals surface area contributed by atoms with E-state index in [4.69, 9.17) is 10.5 Å². The number of hydrogen-bond acceptors (Lipinski definition) is 4. The predicted octanol–water partition coefficient (Wildman–Crippen LogP) is 3.25. The lowest BCUT2D eigenvalue weighted by atomic mass is 10.0. The summed E-state index contributed by atoms with van der Waals surface area (Å²) < 4.78 is 5.65. The topological polar surface area (TPSA) is 60.0 Å². The SMILES string of the molecule is CCOc1ccc2ccccc2c1/C=N\N=C(/N)SC. The summed E-state index contributed by atoms with van der Waals surface area (Å²) in [7, 11) is 0.